The van der Waals surface area contributed by atoms with Crippen LogP contribution in [0.4, 0.5) is 4.79 Å². The zero-order valence-electron chi connectivity index (χ0n) is 9.06. The molecule has 0 aromatic carbocycles. The molecule has 1 heterocycles. The molecule has 1 aliphatic rings. The zero-order valence-corrected chi connectivity index (χ0v) is 9.06. The van der Waals surface area contributed by atoms with Gasteiger partial charge in [0.1, 0.15) is 0 Å². The summed E-state index contributed by atoms with van der Waals surface area (Å²) < 4.78 is 0. The van der Waals surface area contributed by atoms with Crippen molar-refractivity contribution in [2.75, 3.05) is 39.4 Å². The Bertz CT molecular complexity index is 187. The van der Waals surface area contributed by atoms with Crippen LogP contribution in [0.3, 0.4) is 0 Å². The number of likely N-dealkylation sites (tertiary alicyclic amines) is 1. The van der Waals surface area contributed by atoms with Crippen molar-refractivity contribution < 1.29 is 15.0 Å². The van der Waals surface area contributed by atoms with Crippen molar-refractivity contribution in [1.82, 2.24) is 9.80 Å². The minimum absolute atomic E-state index is 0.0560. The smallest absolute Gasteiger partial charge is 0.320 e. The van der Waals surface area contributed by atoms with Gasteiger partial charge in [0.15, 0.2) is 0 Å². The SMILES string of the molecule is O=C(N(CCO)CCO)N1CCCCC1. The second-order valence-electron chi connectivity index (χ2n) is 3.76. The molecule has 5 nitrogen and oxygen atoms in total. The van der Waals surface area contributed by atoms with Gasteiger partial charge in [-0.15, -0.1) is 0 Å². The van der Waals surface area contributed by atoms with Gasteiger partial charge >= 0.3 is 6.03 Å². The van der Waals surface area contributed by atoms with E-state index in [0.717, 1.165) is 25.9 Å². The third kappa shape index (κ3) is 3.68. The number of rotatable bonds is 4. The van der Waals surface area contributed by atoms with Gasteiger partial charge in [0, 0.05) is 26.2 Å². The molecule has 0 aromatic rings. The van der Waals surface area contributed by atoms with Crippen molar-refractivity contribution in [3.63, 3.8) is 0 Å². The number of hydrogen-bond acceptors (Lipinski definition) is 3. The van der Waals surface area contributed by atoms with Crippen LogP contribution in [0.25, 0.3) is 0 Å². The molecule has 0 saturated carbocycles. The Kier molecular flexibility index (Phi) is 5.42. The Morgan fingerprint density at radius 3 is 2.07 bits per heavy atom. The van der Waals surface area contributed by atoms with Crippen LogP contribution >= 0.6 is 0 Å². The van der Waals surface area contributed by atoms with Crippen LogP contribution in [0.15, 0.2) is 0 Å². The van der Waals surface area contributed by atoms with Crippen LogP contribution in [-0.4, -0.2) is 65.4 Å². The van der Waals surface area contributed by atoms with Gasteiger partial charge < -0.3 is 20.0 Å². The highest BCUT2D eigenvalue weighted by atomic mass is 16.3. The van der Waals surface area contributed by atoms with Crippen LogP contribution in [-0.2, 0) is 0 Å². The molecule has 5 heteroatoms. The van der Waals surface area contributed by atoms with E-state index in [0.29, 0.717) is 13.1 Å². The van der Waals surface area contributed by atoms with Gasteiger partial charge in [-0.3, -0.25) is 0 Å². The van der Waals surface area contributed by atoms with E-state index in [1.54, 1.807) is 4.90 Å². The highest BCUT2D eigenvalue weighted by Gasteiger charge is 2.21. The van der Waals surface area contributed by atoms with E-state index >= 15 is 0 Å². The predicted octanol–water partition coefficient (Wildman–Crippen LogP) is -0.121. The summed E-state index contributed by atoms with van der Waals surface area (Å²) in [5.41, 5.74) is 0. The number of aliphatic hydroxyl groups excluding tert-OH is 2. The second-order valence-corrected chi connectivity index (χ2v) is 3.76. The Morgan fingerprint density at radius 1 is 1.07 bits per heavy atom. The summed E-state index contributed by atoms with van der Waals surface area (Å²) in [6.07, 6.45) is 3.29. The van der Waals surface area contributed by atoms with Crippen LogP contribution in [0, 0.1) is 0 Å². The third-order valence-corrected chi connectivity index (χ3v) is 2.64. The Labute approximate surface area is 90.3 Å². The summed E-state index contributed by atoms with van der Waals surface area (Å²) in [5, 5.41) is 17.6. The molecule has 1 fully saturated rings. The van der Waals surface area contributed by atoms with E-state index in [1.807, 2.05) is 0 Å². The maximum atomic E-state index is 11.9. The number of aliphatic hydroxyl groups is 2. The van der Waals surface area contributed by atoms with Gasteiger partial charge in [0.25, 0.3) is 0 Å². The average molecular weight is 216 g/mol. The second kappa shape index (κ2) is 6.63. The minimum Gasteiger partial charge on any atom is -0.395 e. The number of nitrogens with zero attached hydrogens (tertiary/aromatic N) is 2. The Morgan fingerprint density at radius 2 is 1.60 bits per heavy atom. The molecule has 0 aromatic heterocycles. The molecule has 0 bridgehead atoms. The van der Waals surface area contributed by atoms with Crippen molar-refractivity contribution in [2.45, 2.75) is 19.3 Å². The molecule has 2 N–H and O–H groups in total. The molecule has 0 unspecified atom stereocenters. The molecule has 0 spiro atoms. The first-order valence-electron chi connectivity index (χ1n) is 5.55. The fourth-order valence-corrected chi connectivity index (χ4v) is 1.83. The summed E-state index contributed by atoms with van der Waals surface area (Å²) in [4.78, 5) is 15.2. The zero-order chi connectivity index (χ0) is 11.1. The van der Waals surface area contributed by atoms with Crippen molar-refractivity contribution in [1.29, 1.82) is 0 Å². The molecule has 0 atom stereocenters. The fourth-order valence-electron chi connectivity index (χ4n) is 1.83. The standard InChI is InChI=1S/C10H20N2O3/c13-8-6-12(7-9-14)10(15)11-4-2-1-3-5-11/h13-14H,1-9H2. The Balaban J connectivity index is 2.45. The first-order chi connectivity index (χ1) is 7.29. The fraction of sp³-hybridized carbons (Fsp3) is 0.900. The molecule has 1 saturated heterocycles. The normalized spacial score (nSPS) is 16.5. The van der Waals surface area contributed by atoms with Gasteiger partial charge in [-0.05, 0) is 19.3 Å². The van der Waals surface area contributed by atoms with Crippen molar-refractivity contribution in [2.24, 2.45) is 0 Å². The van der Waals surface area contributed by atoms with Gasteiger partial charge in [-0.25, -0.2) is 4.79 Å². The highest BCUT2D eigenvalue weighted by Crippen LogP contribution is 2.10. The predicted molar refractivity (Wildman–Crippen MR) is 56.6 cm³/mol. The van der Waals surface area contributed by atoms with E-state index in [9.17, 15) is 4.79 Å². The van der Waals surface area contributed by atoms with Crippen LogP contribution < -0.4 is 0 Å². The number of amides is 2. The number of piperidine rings is 1. The number of urea groups is 1. The van der Waals surface area contributed by atoms with Gasteiger partial charge in [-0.2, -0.15) is 0 Å². The molecule has 2 amide bonds. The average Bonchev–Trinajstić information content (AvgIpc) is 2.29. The summed E-state index contributed by atoms with van der Waals surface area (Å²) >= 11 is 0. The molecule has 0 aliphatic carbocycles. The minimum atomic E-state index is -0.0576. The molecule has 1 aliphatic heterocycles. The summed E-state index contributed by atoms with van der Waals surface area (Å²) in [6, 6.07) is -0.0576. The monoisotopic (exact) mass is 216 g/mol. The van der Waals surface area contributed by atoms with Crippen LogP contribution in [0.5, 0.6) is 0 Å². The molecular formula is C10H20N2O3. The molecule has 88 valence electrons. The number of carbonyl (C=O) groups excluding carboxylic acids is 1. The Hall–Kier alpha value is -0.810. The van der Waals surface area contributed by atoms with Gasteiger partial charge in [-0.1, -0.05) is 0 Å². The molecular weight excluding hydrogens is 196 g/mol. The van der Waals surface area contributed by atoms with E-state index in [2.05, 4.69) is 0 Å². The number of carbonyl (C=O) groups is 1. The van der Waals surface area contributed by atoms with Crippen LogP contribution in [0.2, 0.25) is 0 Å². The van der Waals surface area contributed by atoms with E-state index in [4.69, 9.17) is 10.2 Å². The van der Waals surface area contributed by atoms with Crippen molar-refractivity contribution in [3.8, 4) is 0 Å². The van der Waals surface area contributed by atoms with E-state index in [-0.39, 0.29) is 19.2 Å². The van der Waals surface area contributed by atoms with Gasteiger partial charge in [0.05, 0.1) is 13.2 Å². The van der Waals surface area contributed by atoms with E-state index in [1.165, 1.54) is 11.3 Å². The quantitative estimate of drug-likeness (QED) is 0.688. The lowest BCUT2D eigenvalue weighted by Gasteiger charge is -2.32. The highest BCUT2D eigenvalue weighted by molar-refractivity contribution is 5.74. The van der Waals surface area contributed by atoms with Gasteiger partial charge in [0.2, 0.25) is 0 Å². The van der Waals surface area contributed by atoms with Crippen molar-refractivity contribution >= 4 is 6.03 Å². The summed E-state index contributed by atoms with van der Waals surface area (Å²) in [6.45, 7) is 2.09. The molecule has 1 rings (SSSR count). The summed E-state index contributed by atoms with van der Waals surface area (Å²) in [5.74, 6) is 0. The first kappa shape index (κ1) is 12.3. The maximum absolute atomic E-state index is 11.9. The van der Waals surface area contributed by atoms with E-state index < -0.39 is 0 Å². The third-order valence-electron chi connectivity index (χ3n) is 2.64. The lowest BCUT2D eigenvalue weighted by atomic mass is 10.1. The topological polar surface area (TPSA) is 64.0 Å². The first-order valence-corrected chi connectivity index (χ1v) is 5.55. The number of hydrogen-bond donors (Lipinski definition) is 2. The lowest BCUT2D eigenvalue weighted by molar-refractivity contribution is 0.120. The molecule has 15 heavy (non-hydrogen) atoms. The van der Waals surface area contributed by atoms with Crippen LogP contribution in [0.1, 0.15) is 19.3 Å². The lowest BCUT2D eigenvalue weighted by Crippen LogP contribution is -2.47. The van der Waals surface area contributed by atoms with Crippen molar-refractivity contribution in [3.05, 3.63) is 0 Å². The summed E-state index contributed by atoms with van der Waals surface area (Å²) in [7, 11) is 0. The largest absolute Gasteiger partial charge is 0.395 e. The molecule has 0 radical (unpaired) electrons. The maximum Gasteiger partial charge on any atom is 0.320 e.